The fraction of sp³-hybridized carbons (Fsp3) is 0.312. The second kappa shape index (κ2) is 5.85. The van der Waals surface area contributed by atoms with Crippen LogP contribution in [0.5, 0.6) is 0 Å². The van der Waals surface area contributed by atoms with Crippen LogP contribution < -0.4 is 11.1 Å². The van der Waals surface area contributed by atoms with Crippen molar-refractivity contribution in [2.24, 2.45) is 11.7 Å². The zero-order valence-corrected chi connectivity index (χ0v) is 11.4. The van der Waals surface area contributed by atoms with Crippen LogP contribution in [0.15, 0.2) is 36.4 Å². The molecule has 1 atom stereocenters. The van der Waals surface area contributed by atoms with Gasteiger partial charge in [0.25, 0.3) is 0 Å². The van der Waals surface area contributed by atoms with Gasteiger partial charge in [-0.05, 0) is 42.8 Å². The van der Waals surface area contributed by atoms with Crippen LogP contribution in [0.3, 0.4) is 0 Å². The van der Waals surface area contributed by atoms with Crippen molar-refractivity contribution in [2.75, 3.05) is 11.9 Å². The number of carbonyl (C=O) groups is 1. The Morgan fingerprint density at radius 2 is 1.89 bits per heavy atom. The monoisotopic (exact) mass is 256 g/mol. The summed E-state index contributed by atoms with van der Waals surface area (Å²) in [6.07, 6.45) is 0.707. The van der Waals surface area contributed by atoms with Crippen LogP contribution in [0.1, 0.15) is 18.9 Å². The second-order valence-corrected chi connectivity index (χ2v) is 5.03. The number of fused-ring (bicyclic) bond motifs is 1. The Labute approximate surface area is 113 Å². The van der Waals surface area contributed by atoms with E-state index in [-0.39, 0.29) is 11.8 Å². The predicted octanol–water partition coefficient (Wildman–Crippen LogP) is 3.07. The van der Waals surface area contributed by atoms with Crippen molar-refractivity contribution in [3.05, 3.63) is 42.0 Å². The fourth-order valence-corrected chi connectivity index (χ4v) is 2.09. The molecule has 0 aliphatic heterocycles. The van der Waals surface area contributed by atoms with E-state index >= 15 is 0 Å². The highest BCUT2D eigenvalue weighted by Gasteiger charge is 2.11. The van der Waals surface area contributed by atoms with Crippen LogP contribution in [0.25, 0.3) is 10.8 Å². The lowest BCUT2D eigenvalue weighted by Crippen LogP contribution is -2.22. The number of aryl methyl sites for hydroxylation is 1. The van der Waals surface area contributed by atoms with Crippen LogP contribution in [0, 0.1) is 12.8 Å². The molecule has 3 heteroatoms. The quantitative estimate of drug-likeness (QED) is 0.883. The van der Waals surface area contributed by atoms with E-state index in [4.69, 9.17) is 5.73 Å². The van der Waals surface area contributed by atoms with Crippen molar-refractivity contribution < 1.29 is 4.79 Å². The maximum absolute atomic E-state index is 11.9. The van der Waals surface area contributed by atoms with Crippen LogP contribution >= 0.6 is 0 Å². The molecule has 1 unspecified atom stereocenters. The van der Waals surface area contributed by atoms with Crippen molar-refractivity contribution in [2.45, 2.75) is 20.3 Å². The lowest BCUT2D eigenvalue weighted by molar-refractivity contribution is -0.119. The largest absolute Gasteiger partial charge is 0.330 e. The van der Waals surface area contributed by atoms with Crippen LogP contribution in [-0.2, 0) is 4.79 Å². The van der Waals surface area contributed by atoms with Crippen molar-refractivity contribution in [1.82, 2.24) is 0 Å². The molecule has 0 aliphatic rings. The molecule has 0 fully saturated rings. The standard InChI is InChI=1S/C16H20N2O/c1-11-3-4-14-10-15(6-5-13(14)9-11)18-16(19)12(2)7-8-17/h3-6,9-10,12H,7-8,17H2,1-2H3,(H,18,19). The molecule has 0 aromatic heterocycles. The molecule has 1 amide bonds. The van der Waals surface area contributed by atoms with E-state index in [9.17, 15) is 4.79 Å². The minimum absolute atomic E-state index is 0.0249. The van der Waals surface area contributed by atoms with Gasteiger partial charge >= 0.3 is 0 Å². The lowest BCUT2D eigenvalue weighted by Gasteiger charge is -2.11. The van der Waals surface area contributed by atoms with Crippen molar-refractivity contribution in [1.29, 1.82) is 0 Å². The maximum Gasteiger partial charge on any atom is 0.227 e. The Kier molecular flexibility index (Phi) is 4.17. The van der Waals surface area contributed by atoms with E-state index in [0.717, 1.165) is 11.1 Å². The number of benzene rings is 2. The number of amides is 1. The van der Waals surface area contributed by atoms with E-state index in [1.165, 1.54) is 10.9 Å². The highest BCUT2D eigenvalue weighted by atomic mass is 16.1. The smallest absolute Gasteiger partial charge is 0.227 e. The van der Waals surface area contributed by atoms with Crippen LogP contribution in [0.2, 0.25) is 0 Å². The molecule has 2 aromatic rings. The molecule has 19 heavy (non-hydrogen) atoms. The van der Waals surface area contributed by atoms with E-state index in [1.54, 1.807) is 0 Å². The minimum atomic E-state index is -0.0567. The Morgan fingerprint density at radius 1 is 1.21 bits per heavy atom. The Hall–Kier alpha value is -1.87. The van der Waals surface area contributed by atoms with Gasteiger partial charge in [0.2, 0.25) is 5.91 Å². The predicted molar refractivity (Wildman–Crippen MR) is 80.2 cm³/mol. The van der Waals surface area contributed by atoms with Crippen molar-refractivity contribution in [3.63, 3.8) is 0 Å². The summed E-state index contributed by atoms with van der Waals surface area (Å²) in [6.45, 7) is 4.50. The first kappa shape index (κ1) is 13.6. The van der Waals surface area contributed by atoms with Gasteiger partial charge in [0.05, 0.1) is 0 Å². The molecular formula is C16H20N2O. The first-order valence-electron chi connectivity index (χ1n) is 6.61. The number of anilines is 1. The third-order valence-corrected chi connectivity index (χ3v) is 3.31. The number of nitrogens with two attached hydrogens (primary N) is 1. The zero-order valence-electron chi connectivity index (χ0n) is 11.4. The SMILES string of the molecule is Cc1ccc2cc(NC(=O)C(C)CCN)ccc2c1. The third-order valence-electron chi connectivity index (χ3n) is 3.31. The highest BCUT2D eigenvalue weighted by Crippen LogP contribution is 2.21. The summed E-state index contributed by atoms with van der Waals surface area (Å²) in [7, 11) is 0. The average molecular weight is 256 g/mol. The van der Waals surface area contributed by atoms with E-state index < -0.39 is 0 Å². The minimum Gasteiger partial charge on any atom is -0.330 e. The Bertz CT molecular complexity index is 592. The number of rotatable bonds is 4. The first-order chi connectivity index (χ1) is 9.10. The Morgan fingerprint density at radius 3 is 2.63 bits per heavy atom. The zero-order chi connectivity index (χ0) is 13.8. The number of hydrogen-bond donors (Lipinski definition) is 2. The normalized spacial score (nSPS) is 12.4. The van der Waals surface area contributed by atoms with Gasteiger partial charge in [-0.2, -0.15) is 0 Å². The second-order valence-electron chi connectivity index (χ2n) is 5.03. The van der Waals surface area contributed by atoms with Crippen molar-refractivity contribution >= 4 is 22.4 Å². The molecule has 0 radical (unpaired) electrons. The first-order valence-corrected chi connectivity index (χ1v) is 6.61. The molecule has 0 spiro atoms. The van der Waals surface area contributed by atoms with E-state index in [0.29, 0.717) is 13.0 Å². The lowest BCUT2D eigenvalue weighted by atomic mass is 10.1. The molecule has 0 bridgehead atoms. The molecule has 0 saturated heterocycles. The fourth-order valence-electron chi connectivity index (χ4n) is 2.09. The summed E-state index contributed by atoms with van der Waals surface area (Å²) in [5.74, 6) is -0.0318. The van der Waals surface area contributed by atoms with Crippen LogP contribution in [-0.4, -0.2) is 12.5 Å². The number of hydrogen-bond acceptors (Lipinski definition) is 2. The topological polar surface area (TPSA) is 55.1 Å². The molecule has 0 heterocycles. The Balaban J connectivity index is 2.17. The molecule has 2 aromatic carbocycles. The highest BCUT2D eigenvalue weighted by molar-refractivity contribution is 5.95. The summed E-state index contributed by atoms with van der Waals surface area (Å²) < 4.78 is 0. The molecule has 2 rings (SSSR count). The summed E-state index contributed by atoms with van der Waals surface area (Å²) in [5.41, 5.74) is 7.54. The van der Waals surface area contributed by atoms with Gasteiger partial charge in [0.15, 0.2) is 0 Å². The summed E-state index contributed by atoms with van der Waals surface area (Å²) in [5, 5.41) is 5.26. The van der Waals surface area contributed by atoms with Gasteiger partial charge in [-0.15, -0.1) is 0 Å². The molecule has 3 nitrogen and oxygen atoms in total. The van der Waals surface area contributed by atoms with Crippen molar-refractivity contribution in [3.8, 4) is 0 Å². The molecule has 100 valence electrons. The summed E-state index contributed by atoms with van der Waals surface area (Å²) in [4.78, 5) is 11.9. The number of carbonyl (C=O) groups excluding carboxylic acids is 1. The molecule has 0 saturated carbocycles. The van der Waals surface area contributed by atoms with E-state index in [2.05, 4.69) is 30.4 Å². The summed E-state index contributed by atoms with van der Waals surface area (Å²) in [6, 6.07) is 12.3. The van der Waals surface area contributed by atoms with Gasteiger partial charge in [-0.25, -0.2) is 0 Å². The number of nitrogens with one attached hydrogen (secondary N) is 1. The maximum atomic E-state index is 11.9. The van der Waals surface area contributed by atoms with Gasteiger partial charge in [-0.3, -0.25) is 4.79 Å². The van der Waals surface area contributed by atoms with Gasteiger partial charge in [-0.1, -0.05) is 36.8 Å². The molecule has 3 N–H and O–H groups in total. The van der Waals surface area contributed by atoms with E-state index in [1.807, 2.05) is 25.1 Å². The molecular weight excluding hydrogens is 236 g/mol. The molecule has 0 aliphatic carbocycles. The van der Waals surface area contributed by atoms with Gasteiger partial charge in [0, 0.05) is 11.6 Å². The van der Waals surface area contributed by atoms with Gasteiger partial charge in [0.1, 0.15) is 0 Å². The summed E-state index contributed by atoms with van der Waals surface area (Å²) >= 11 is 0. The van der Waals surface area contributed by atoms with Crippen LogP contribution in [0.4, 0.5) is 5.69 Å². The van der Waals surface area contributed by atoms with Gasteiger partial charge < -0.3 is 11.1 Å². The average Bonchev–Trinajstić information content (AvgIpc) is 2.39. The third kappa shape index (κ3) is 3.32.